The molecule has 1 aromatic heterocycles. The number of hydrogen-bond acceptors (Lipinski definition) is 5. The number of nitrogens with one attached hydrogen (secondary N) is 2. The molecule has 1 atom stereocenters. The Labute approximate surface area is 200 Å². The van der Waals surface area contributed by atoms with Crippen molar-refractivity contribution in [1.82, 2.24) is 10.6 Å². The van der Waals surface area contributed by atoms with Crippen LogP contribution in [0.4, 0.5) is 13.2 Å². The van der Waals surface area contributed by atoms with Gasteiger partial charge in [-0.3, -0.25) is 0 Å². The van der Waals surface area contributed by atoms with Crippen LogP contribution in [-0.4, -0.2) is 44.0 Å². The van der Waals surface area contributed by atoms with E-state index in [-0.39, 0.29) is 48.6 Å². The van der Waals surface area contributed by atoms with Crippen LogP contribution in [0.2, 0.25) is 0 Å². The van der Waals surface area contributed by atoms with E-state index in [4.69, 9.17) is 9.47 Å². The van der Waals surface area contributed by atoms with Crippen molar-refractivity contribution < 1.29 is 27.8 Å². The van der Waals surface area contributed by atoms with Crippen LogP contribution in [-0.2, 0) is 12.1 Å². The van der Waals surface area contributed by atoms with Crippen LogP contribution in [0.5, 0.6) is 11.5 Å². The molecule has 0 fully saturated rings. The van der Waals surface area contributed by atoms with Gasteiger partial charge in [-0.05, 0) is 53.9 Å². The molecular formula is C20H27F3IN3O3S. The van der Waals surface area contributed by atoms with Crippen molar-refractivity contribution in [1.29, 1.82) is 0 Å². The highest BCUT2D eigenvalue weighted by Crippen LogP contribution is 2.30. The van der Waals surface area contributed by atoms with Crippen molar-refractivity contribution in [3.05, 3.63) is 46.2 Å². The first kappa shape index (κ1) is 27.3. The summed E-state index contributed by atoms with van der Waals surface area (Å²) in [6.45, 7) is 3.38. The Kier molecular flexibility index (Phi) is 10.9. The van der Waals surface area contributed by atoms with Crippen LogP contribution in [0.3, 0.4) is 0 Å². The van der Waals surface area contributed by atoms with Crippen molar-refractivity contribution in [3.63, 3.8) is 0 Å². The zero-order valence-corrected chi connectivity index (χ0v) is 20.6. The Hall–Kier alpha value is -1.73. The van der Waals surface area contributed by atoms with Crippen LogP contribution in [0.25, 0.3) is 0 Å². The number of hydrogen-bond donors (Lipinski definition) is 3. The summed E-state index contributed by atoms with van der Waals surface area (Å²) in [5.41, 5.74) is 0.486. The second-order valence-electron chi connectivity index (χ2n) is 6.72. The fourth-order valence-corrected chi connectivity index (χ4v) is 3.31. The van der Waals surface area contributed by atoms with Gasteiger partial charge in [0.15, 0.2) is 24.1 Å². The third-order valence-corrected chi connectivity index (χ3v) is 4.81. The Morgan fingerprint density at radius 3 is 2.52 bits per heavy atom. The molecule has 2 aromatic rings. The first-order valence-corrected chi connectivity index (χ1v) is 10.2. The number of thiophene rings is 1. The van der Waals surface area contributed by atoms with Gasteiger partial charge in [-0.15, -0.1) is 24.0 Å². The first-order chi connectivity index (χ1) is 14.1. The summed E-state index contributed by atoms with van der Waals surface area (Å²) < 4.78 is 47.0. The summed E-state index contributed by atoms with van der Waals surface area (Å²) in [6.07, 6.45) is -4.43. The molecule has 0 spiro atoms. The zero-order chi connectivity index (χ0) is 22.2. The normalized spacial score (nSPS) is 13.7. The molecule has 0 saturated heterocycles. The maximum absolute atomic E-state index is 12.4. The number of rotatable bonds is 9. The van der Waals surface area contributed by atoms with E-state index in [9.17, 15) is 18.3 Å². The standard InChI is InChI=1S/C20H26F3N3O3S.HI/c1-4-24-18(26-12-19(2,27)15-7-8-30-11-15)25-10-14-5-6-16(17(9-14)28-3)29-13-20(21,22)23;/h5-9,11,27H,4,10,12-13H2,1-3H3,(H2,24,25,26);1H. The highest BCUT2D eigenvalue weighted by atomic mass is 127. The Morgan fingerprint density at radius 2 is 1.94 bits per heavy atom. The van der Waals surface area contributed by atoms with Crippen LogP contribution < -0.4 is 20.1 Å². The lowest BCUT2D eigenvalue weighted by Gasteiger charge is -2.24. The van der Waals surface area contributed by atoms with E-state index in [2.05, 4.69) is 15.6 Å². The summed E-state index contributed by atoms with van der Waals surface area (Å²) in [7, 11) is 1.36. The summed E-state index contributed by atoms with van der Waals surface area (Å²) in [6, 6.07) is 6.51. The van der Waals surface area contributed by atoms with Crippen molar-refractivity contribution >= 4 is 41.3 Å². The molecule has 0 amide bonds. The number of halogens is 4. The van der Waals surface area contributed by atoms with E-state index in [1.807, 2.05) is 23.8 Å². The second kappa shape index (κ2) is 12.3. The third-order valence-electron chi connectivity index (χ3n) is 4.13. The molecule has 11 heteroatoms. The maximum atomic E-state index is 12.4. The number of methoxy groups -OCH3 is 1. The molecule has 0 aliphatic carbocycles. The van der Waals surface area contributed by atoms with E-state index < -0.39 is 18.4 Å². The number of nitrogens with zero attached hydrogens (tertiary/aromatic N) is 1. The van der Waals surface area contributed by atoms with Gasteiger partial charge in [0.1, 0.15) is 5.60 Å². The number of aliphatic hydroxyl groups is 1. The number of guanidine groups is 1. The van der Waals surface area contributed by atoms with E-state index in [1.165, 1.54) is 24.5 Å². The molecule has 0 aliphatic heterocycles. The van der Waals surface area contributed by atoms with Gasteiger partial charge >= 0.3 is 6.18 Å². The Morgan fingerprint density at radius 1 is 1.19 bits per heavy atom. The van der Waals surface area contributed by atoms with E-state index in [0.29, 0.717) is 12.5 Å². The number of alkyl halides is 3. The van der Waals surface area contributed by atoms with Crippen LogP contribution in [0, 0.1) is 0 Å². The van der Waals surface area contributed by atoms with Gasteiger partial charge in [0.25, 0.3) is 0 Å². The second-order valence-corrected chi connectivity index (χ2v) is 7.50. The zero-order valence-electron chi connectivity index (χ0n) is 17.5. The van der Waals surface area contributed by atoms with Gasteiger partial charge in [-0.25, -0.2) is 4.99 Å². The van der Waals surface area contributed by atoms with Gasteiger partial charge in [-0.2, -0.15) is 24.5 Å². The minimum atomic E-state index is -4.43. The average Bonchev–Trinajstić information content (AvgIpc) is 3.24. The van der Waals surface area contributed by atoms with Crippen molar-refractivity contribution in [2.45, 2.75) is 32.2 Å². The Bertz CT molecular complexity index is 831. The monoisotopic (exact) mass is 573 g/mol. The minimum absolute atomic E-state index is 0. The van der Waals surface area contributed by atoms with Crippen molar-refractivity contribution in [2.24, 2.45) is 4.99 Å². The molecule has 31 heavy (non-hydrogen) atoms. The predicted molar refractivity (Wildman–Crippen MR) is 127 cm³/mol. The van der Waals surface area contributed by atoms with Crippen molar-refractivity contribution in [3.8, 4) is 11.5 Å². The van der Waals surface area contributed by atoms with Crippen LogP contribution >= 0.6 is 35.3 Å². The molecule has 0 aliphatic rings. The molecule has 6 nitrogen and oxygen atoms in total. The Balaban J connectivity index is 0.00000480. The average molecular weight is 573 g/mol. The largest absolute Gasteiger partial charge is 0.493 e. The lowest BCUT2D eigenvalue weighted by Crippen LogP contribution is -2.44. The SMILES string of the molecule is CCNC(=NCc1ccc(OCC(F)(F)F)c(OC)c1)NCC(C)(O)c1ccsc1.I. The lowest BCUT2D eigenvalue weighted by molar-refractivity contribution is -0.153. The highest BCUT2D eigenvalue weighted by Gasteiger charge is 2.29. The molecule has 1 heterocycles. The molecule has 1 aromatic carbocycles. The lowest BCUT2D eigenvalue weighted by atomic mass is 9.99. The van der Waals surface area contributed by atoms with Crippen molar-refractivity contribution in [2.75, 3.05) is 26.8 Å². The molecule has 0 radical (unpaired) electrons. The van der Waals surface area contributed by atoms with E-state index >= 15 is 0 Å². The van der Waals surface area contributed by atoms with Gasteiger partial charge in [0.05, 0.1) is 20.2 Å². The maximum Gasteiger partial charge on any atom is 0.422 e. The predicted octanol–water partition coefficient (Wildman–Crippen LogP) is 4.28. The van der Waals surface area contributed by atoms with Crippen LogP contribution in [0.1, 0.15) is 25.0 Å². The topological polar surface area (TPSA) is 75.1 Å². The number of benzene rings is 1. The summed E-state index contributed by atoms with van der Waals surface area (Å²) in [5.74, 6) is 0.717. The summed E-state index contributed by atoms with van der Waals surface area (Å²) in [4.78, 5) is 4.47. The highest BCUT2D eigenvalue weighted by molar-refractivity contribution is 14.0. The molecule has 2 rings (SSSR count). The number of aliphatic imine (C=N–C) groups is 1. The summed E-state index contributed by atoms with van der Waals surface area (Å²) in [5, 5.41) is 20.6. The molecule has 0 bridgehead atoms. The molecule has 1 unspecified atom stereocenters. The minimum Gasteiger partial charge on any atom is -0.493 e. The fraction of sp³-hybridized carbons (Fsp3) is 0.450. The molecular weight excluding hydrogens is 546 g/mol. The third kappa shape index (κ3) is 9.11. The molecule has 174 valence electrons. The number of ether oxygens (including phenoxy) is 2. The van der Waals surface area contributed by atoms with Gasteiger partial charge in [0.2, 0.25) is 0 Å². The molecule has 3 N–H and O–H groups in total. The van der Waals surface area contributed by atoms with Crippen LogP contribution in [0.15, 0.2) is 40.0 Å². The molecule has 0 saturated carbocycles. The van der Waals surface area contributed by atoms with E-state index in [1.54, 1.807) is 19.1 Å². The quantitative estimate of drug-likeness (QED) is 0.237. The first-order valence-electron chi connectivity index (χ1n) is 9.28. The van der Waals surface area contributed by atoms with Gasteiger partial charge < -0.3 is 25.2 Å². The van der Waals surface area contributed by atoms with Gasteiger partial charge in [-0.1, -0.05) is 6.07 Å². The fourth-order valence-electron chi connectivity index (χ4n) is 2.53. The van der Waals surface area contributed by atoms with E-state index in [0.717, 1.165) is 11.1 Å². The summed E-state index contributed by atoms with van der Waals surface area (Å²) >= 11 is 1.51. The smallest absolute Gasteiger partial charge is 0.422 e. The van der Waals surface area contributed by atoms with Gasteiger partial charge in [0, 0.05) is 6.54 Å².